The molecule has 0 saturated heterocycles. The fraction of sp³-hybridized carbons (Fsp3) is 0.500. The summed E-state index contributed by atoms with van der Waals surface area (Å²) in [6.45, 7) is 0. The molecule has 0 aliphatic rings. The predicted molar refractivity (Wildman–Crippen MR) is 40.7 cm³/mol. The fourth-order valence-corrected chi connectivity index (χ4v) is 0.684. The molecule has 76 valence electrons. The molecule has 0 fully saturated rings. The first kappa shape index (κ1) is 20.9. The average Bonchev–Trinajstić information content (AvgIpc) is 1.82. The van der Waals surface area contributed by atoms with Crippen LogP contribution in [0.2, 0.25) is 0 Å². The van der Waals surface area contributed by atoms with Crippen molar-refractivity contribution in [3.8, 4) is 0 Å². The summed E-state index contributed by atoms with van der Waals surface area (Å²) in [6, 6.07) is 0. The van der Waals surface area contributed by atoms with E-state index >= 15 is 0 Å². The number of carboxylic acids is 3. The monoisotopic (exact) mass is 438 g/mol. The van der Waals surface area contributed by atoms with Crippen molar-refractivity contribution in [3.05, 3.63) is 0 Å². The Labute approximate surface area is 134 Å². The van der Waals surface area contributed by atoms with Crippen molar-refractivity contribution in [1.29, 1.82) is 0 Å². The molecule has 7 nitrogen and oxygen atoms in total. The number of aliphatic carboxylic acids is 3. The molecule has 0 amide bonds. The summed E-state index contributed by atoms with van der Waals surface area (Å²) in [4.78, 5) is 30.0. The quantitative estimate of drug-likeness (QED) is 0.422. The van der Waals surface area contributed by atoms with Gasteiger partial charge >= 0.3 is 63.9 Å². The van der Waals surface area contributed by atoms with Crippen molar-refractivity contribution in [2.24, 2.45) is 0 Å². The summed E-state index contributed by atoms with van der Waals surface area (Å²) in [5.74, 6) is -5.98. The molecule has 0 aromatic heterocycles. The first-order valence-corrected chi connectivity index (χ1v) is 3.11. The van der Waals surface area contributed by atoms with E-state index < -0.39 is 36.4 Å². The van der Waals surface area contributed by atoms with Gasteiger partial charge in [0.1, 0.15) is 5.60 Å². The SMILES string of the molecule is O=C([O-])CC(O)(CC(=O)[O-])C(=O)[O-].[Bi+3].[Ca+2]. The van der Waals surface area contributed by atoms with Crippen molar-refractivity contribution in [2.45, 2.75) is 18.4 Å². The number of rotatable bonds is 5. The van der Waals surface area contributed by atoms with Gasteiger partial charge in [0.05, 0.1) is 5.97 Å². The largest absolute Gasteiger partial charge is 3.00 e. The molecule has 0 aromatic rings. The van der Waals surface area contributed by atoms with Gasteiger partial charge in [0.2, 0.25) is 0 Å². The van der Waals surface area contributed by atoms with Crippen LogP contribution in [0.25, 0.3) is 0 Å². The van der Waals surface area contributed by atoms with E-state index in [4.69, 9.17) is 5.11 Å². The number of aliphatic hydroxyl groups is 1. The minimum absolute atomic E-state index is 0. The van der Waals surface area contributed by atoms with Gasteiger partial charge in [0.25, 0.3) is 0 Å². The third kappa shape index (κ3) is 8.33. The normalized spacial score (nSPS) is 9.40. The van der Waals surface area contributed by atoms with Crippen LogP contribution >= 0.6 is 0 Å². The van der Waals surface area contributed by atoms with Gasteiger partial charge in [0, 0.05) is 24.8 Å². The van der Waals surface area contributed by atoms with Crippen molar-refractivity contribution in [2.75, 3.05) is 0 Å². The molecule has 0 aliphatic heterocycles. The Morgan fingerprint density at radius 3 is 1.40 bits per heavy atom. The molecule has 9 heteroatoms. The van der Waals surface area contributed by atoms with Crippen molar-refractivity contribution in [3.63, 3.8) is 0 Å². The zero-order valence-corrected chi connectivity index (χ0v) is 13.2. The smallest absolute Gasteiger partial charge is 0.550 e. The number of hydrogen-bond donors (Lipinski definition) is 1. The van der Waals surface area contributed by atoms with Crippen LogP contribution in [0.3, 0.4) is 0 Å². The molecule has 0 aliphatic carbocycles. The molecule has 15 heavy (non-hydrogen) atoms. The third-order valence-electron chi connectivity index (χ3n) is 1.25. The van der Waals surface area contributed by atoms with Crippen molar-refractivity contribution >= 4 is 81.8 Å². The molecule has 0 saturated carbocycles. The average molecular weight is 438 g/mol. The summed E-state index contributed by atoms with van der Waals surface area (Å²) in [5, 5.41) is 38.9. The first-order chi connectivity index (χ1) is 5.78. The van der Waals surface area contributed by atoms with E-state index in [-0.39, 0.29) is 63.9 Å². The predicted octanol–water partition coefficient (Wildman–Crippen LogP) is -6.01. The summed E-state index contributed by atoms with van der Waals surface area (Å²) in [5.41, 5.74) is -2.97. The molecular formula is C6H5BiCaO7+2. The first-order valence-electron chi connectivity index (χ1n) is 3.11. The standard InChI is InChI=1S/C6H8O7.Bi.Ca/c7-3(8)1-6(13,5(11)12)2-4(9)10;;/h13H,1-2H2,(H,7,8)(H,9,10)(H,11,12);;/q;+3;+2/p-3. The molecule has 2 radical (unpaired) electrons. The van der Waals surface area contributed by atoms with E-state index in [0.717, 1.165) is 0 Å². The molecule has 0 bridgehead atoms. The van der Waals surface area contributed by atoms with E-state index in [0.29, 0.717) is 0 Å². The summed E-state index contributed by atoms with van der Waals surface area (Å²) >= 11 is 0. The molecule has 0 unspecified atom stereocenters. The van der Waals surface area contributed by atoms with Gasteiger partial charge in [-0.05, 0) is 0 Å². The fourth-order valence-electron chi connectivity index (χ4n) is 0.684. The van der Waals surface area contributed by atoms with Crippen LogP contribution in [0.15, 0.2) is 0 Å². The Bertz CT molecular complexity index is 238. The van der Waals surface area contributed by atoms with Gasteiger partial charge in [-0.3, -0.25) is 0 Å². The second-order valence-electron chi connectivity index (χ2n) is 2.42. The van der Waals surface area contributed by atoms with Gasteiger partial charge in [-0.25, -0.2) is 0 Å². The third-order valence-corrected chi connectivity index (χ3v) is 1.25. The topological polar surface area (TPSA) is 141 Å². The maximum atomic E-state index is 10.1. The maximum absolute atomic E-state index is 10.1. The molecule has 0 aromatic carbocycles. The van der Waals surface area contributed by atoms with E-state index in [9.17, 15) is 29.7 Å². The molecule has 0 rings (SSSR count). The summed E-state index contributed by atoms with van der Waals surface area (Å²) in [6.07, 6.45) is -2.72. The van der Waals surface area contributed by atoms with Crippen LogP contribution < -0.4 is 15.3 Å². The van der Waals surface area contributed by atoms with Crippen LogP contribution in [-0.4, -0.2) is 92.6 Å². The Kier molecular flexibility index (Phi) is 12.0. The molecule has 0 spiro atoms. The van der Waals surface area contributed by atoms with E-state index in [2.05, 4.69) is 0 Å². The number of carbonyl (C=O) groups is 3. The Morgan fingerprint density at radius 2 is 1.27 bits per heavy atom. The molecule has 0 heterocycles. The van der Waals surface area contributed by atoms with Gasteiger partial charge in [0.15, 0.2) is 0 Å². The zero-order valence-electron chi connectivity index (χ0n) is 7.47. The second-order valence-corrected chi connectivity index (χ2v) is 2.42. The van der Waals surface area contributed by atoms with Crippen LogP contribution in [-0.2, 0) is 14.4 Å². The van der Waals surface area contributed by atoms with E-state index in [1.807, 2.05) is 0 Å². The Hall–Kier alpha value is 0.513. The Balaban J connectivity index is -0.000000720. The van der Waals surface area contributed by atoms with Crippen LogP contribution in [0.1, 0.15) is 12.8 Å². The van der Waals surface area contributed by atoms with E-state index in [1.165, 1.54) is 0 Å². The van der Waals surface area contributed by atoms with Gasteiger partial charge in [-0.1, -0.05) is 0 Å². The second kappa shape index (κ2) is 8.64. The van der Waals surface area contributed by atoms with Crippen molar-refractivity contribution in [1.82, 2.24) is 0 Å². The van der Waals surface area contributed by atoms with Crippen LogP contribution in [0, 0.1) is 0 Å². The van der Waals surface area contributed by atoms with Crippen LogP contribution in [0.4, 0.5) is 0 Å². The van der Waals surface area contributed by atoms with Gasteiger partial charge in [-0.2, -0.15) is 0 Å². The molecule has 1 N–H and O–H groups in total. The van der Waals surface area contributed by atoms with Crippen molar-refractivity contribution < 1.29 is 34.8 Å². The number of carbonyl (C=O) groups excluding carboxylic acids is 3. The molecule has 0 atom stereocenters. The van der Waals surface area contributed by atoms with Gasteiger partial charge < -0.3 is 34.8 Å². The summed E-state index contributed by atoms with van der Waals surface area (Å²) < 4.78 is 0. The van der Waals surface area contributed by atoms with Crippen LogP contribution in [0.5, 0.6) is 0 Å². The van der Waals surface area contributed by atoms with E-state index in [1.54, 1.807) is 0 Å². The maximum Gasteiger partial charge on any atom is 3.00 e. The Morgan fingerprint density at radius 1 is 1.00 bits per heavy atom. The minimum Gasteiger partial charge on any atom is -0.550 e. The minimum atomic E-state index is -2.97. The number of hydrogen-bond acceptors (Lipinski definition) is 7. The molecular weight excluding hydrogens is 433 g/mol. The summed E-state index contributed by atoms with van der Waals surface area (Å²) in [7, 11) is 0. The number of carboxylic acid groups (broad SMARTS) is 3. The zero-order chi connectivity index (χ0) is 10.6. The van der Waals surface area contributed by atoms with Gasteiger partial charge in [-0.15, -0.1) is 0 Å².